The summed E-state index contributed by atoms with van der Waals surface area (Å²) >= 11 is 0. The molecule has 0 spiro atoms. The fraction of sp³-hybridized carbons (Fsp3) is 0.556. The molecule has 4 heteroatoms. The number of hydrogen-bond donors (Lipinski definition) is 1. The molecular formula is C9H14N2O2. The molecule has 72 valence electrons. The summed E-state index contributed by atoms with van der Waals surface area (Å²) in [5.74, 6) is 0.668. The molecule has 1 amide bonds. The zero-order valence-electron chi connectivity index (χ0n) is 8.13. The van der Waals surface area contributed by atoms with Crippen LogP contribution in [0.4, 0.5) is 0 Å². The van der Waals surface area contributed by atoms with E-state index < -0.39 is 0 Å². The van der Waals surface area contributed by atoms with Crippen molar-refractivity contribution in [1.82, 2.24) is 10.5 Å². The van der Waals surface area contributed by atoms with Crippen LogP contribution in [0.25, 0.3) is 0 Å². The third-order valence-corrected chi connectivity index (χ3v) is 1.60. The zero-order valence-corrected chi connectivity index (χ0v) is 8.13. The van der Waals surface area contributed by atoms with E-state index in [9.17, 15) is 4.79 Å². The summed E-state index contributed by atoms with van der Waals surface area (Å²) < 4.78 is 4.83. The molecule has 1 aromatic heterocycles. The van der Waals surface area contributed by atoms with Gasteiger partial charge in [-0.3, -0.25) is 4.79 Å². The van der Waals surface area contributed by atoms with Gasteiger partial charge in [0.25, 0.3) is 0 Å². The number of nitrogens with zero attached hydrogens (tertiary/aromatic N) is 1. The molecule has 1 N–H and O–H groups in total. The lowest BCUT2D eigenvalue weighted by Gasteiger charge is -2.16. The van der Waals surface area contributed by atoms with E-state index in [-0.39, 0.29) is 11.3 Å². The second-order valence-corrected chi connectivity index (χ2v) is 3.91. The molecule has 0 aliphatic rings. The third kappa shape index (κ3) is 2.89. The fourth-order valence-corrected chi connectivity index (χ4v) is 0.766. The first kappa shape index (κ1) is 9.77. The van der Waals surface area contributed by atoms with Crippen molar-refractivity contribution in [3.63, 3.8) is 0 Å². The molecule has 0 aromatic carbocycles. The molecule has 1 heterocycles. The van der Waals surface area contributed by atoms with Crippen molar-refractivity contribution >= 4 is 5.91 Å². The summed E-state index contributed by atoms with van der Waals surface area (Å²) in [7, 11) is 0. The smallest absolute Gasteiger partial charge is 0.225 e. The average Bonchev–Trinajstić information content (AvgIpc) is 2.50. The number of aromatic nitrogens is 1. The van der Waals surface area contributed by atoms with Gasteiger partial charge in [0.15, 0.2) is 5.76 Å². The van der Waals surface area contributed by atoms with Gasteiger partial charge in [0.1, 0.15) is 0 Å². The van der Waals surface area contributed by atoms with Crippen LogP contribution < -0.4 is 5.32 Å². The molecule has 4 nitrogen and oxygen atoms in total. The summed E-state index contributed by atoms with van der Waals surface area (Å²) in [6.07, 6.45) is 1.55. The molecule has 0 atom stereocenters. The van der Waals surface area contributed by atoms with Crippen LogP contribution in [0.2, 0.25) is 0 Å². The minimum atomic E-state index is -0.361. The van der Waals surface area contributed by atoms with Crippen molar-refractivity contribution in [2.45, 2.75) is 27.3 Å². The fourth-order valence-electron chi connectivity index (χ4n) is 0.766. The van der Waals surface area contributed by atoms with Crippen LogP contribution in [0.1, 0.15) is 26.5 Å². The predicted molar refractivity (Wildman–Crippen MR) is 47.8 cm³/mol. The normalized spacial score (nSPS) is 11.3. The SMILES string of the molecule is CC(C)(C)C(=O)NCc1ccno1. The maximum atomic E-state index is 11.4. The highest BCUT2D eigenvalue weighted by Crippen LogP contribution is 2.12. The van der Waals surface area contributed by atoms with Crippen molar-refractivity contribution in [1.29, 1.82) is 0 Å². The van der Waals surface area contributed by atoms with Crippen molar-refractivity contribution in [2.24, 2.45) is 5.41 Å². The van der Waals surface area contributed by atoms with Crippen LogP contribution in [-0.4, -0.2) is 11.1 Å². The maximum Gasteiger partial charge on any atom is 0.225 e. The second kappa shape index (κ2) is 3.60. The van der Waals surface area contributed by atoms with Gasteiger partial charge in [-0.05, 0) is 0 Å². The molecule has 1 aromatic rings. The first-order valence-electron chi connectivity index (χ1n) is 4.18. The van der Waals surface area contributed by atoms with Gasteiger partial charge in [0.2, 0.25) is 5.91 Å². The van der Waals surface area contributed by atoms with Crippen LogP contribution in [0.15, 0.2) is 16.8 Å². The van der Waals surface area contributed by atoms with E-state index in [1.165, 1.54) is 0 Å². The highest BCUT2D eigenvalue weighted by Gasteiger charge is 2.20. The van der Waals surface area contributed by atoms with Gasteiger partial charge in [-0.1, -0.05) is 25.9 Å². The van der Waals surface area contributed by atoms with Crippen molar-refractivity contribution < 1.29 is 9.32 Å². The van der Waals surface area contributed by atoms with Gasteiger partial charge in [-0.25, -0.2) is 0 Å². The molecule has 0 radical (unpaired) electrons. The molecule has 0 saturated heterocycles. The van der Waals surface area contributed by atoms with Gasteiger partial charge in [0.05, 0.1) is 12.7 Å². The van der Waals surface area contributed by atoms with E-state index in [1.807, 2.05) is 20.8 Å². The summed E-state index contributed by atoms with van der Waals surface area (Å²) in [6.45, 7) is 5.99. The Morgan fingerprint density at radius 3 is 2.77 bits per heavy atom. The van der Waals surface area contributed by atoms with Crippen molar-refractivity contribution in [3.05, 3.63) is 18.0 Å². The Kier molecular flexibility index (Phi) is 2.70. The molecule has 0 aliphatic carbocycles. The van der Waals surface area contributed by atoms with Gasteiger partial charge in [-0.15, -0.1) is 0 Å². The molecular weight excluding hydrogens is 168 g/mol. The molecule has 0 saturated carbocycles. The highest BCUT2D eigenvalue weighted by atomic mass is 16.5. The molecule has 0 fully saturated rings. The largest absolute Gasteiger partial charge is 0.360 e. The number of carbonyl (C=O) groups excluding carboxylic acids is 1. The first-order chi connectivity index (χ1) is 6.00. The number of amides is 1. The molecule has 0 aliphatic heterocycles. The Labute approximate surface area is 77.3 Å². The van der Waals surface area contributed by atoms with Crippen LogP contribution >= 0.6 is 0 Å². The minimum absolute atomic E-state index is 0.00361. The number of carbonyl (C=O) groups is 1. The standard InChI is InChI=1S/C9H14N2O2/c1-9(2,3)8(12)10-6-7-4-5-11-13-7/h4-5H,6H2,1-3H3,(H,10,12). The monoisotopic (exact) mass is 182 g/mol. The zero-order chi connectivity index (χ0) is 9.90. The van der Waals surface area contributed by atoms with E-state index >= 15 is 0 Å². The Morgan fingerprint density at radius 1 is 1.62 bits per heavy atom. The van der Waals surface area contributed by atoms with Crippen LogP contribution in [0.3, 0.4) is 0 Å². The Bertz CT molecular complexity index is 272. The topological polar surface area (TPSA) is 55.1 Å². The van der Waals surface area contributed by atoms with Crippen LogP contribution in [-0.2, 0) is 11.3 Å². The van der Waals surface area contributed by atoms with E-state index in [0.29, 0.717) is 12.3 Å². The first-order valence-corrected chi connectivity index (χ1v) is 4.18. The maximum absolute atomic E-state index is 11.4. The summed E-state index contributed by atoms with van der Waals surface area (Å²) in [5.41, 5.74) is -0.361. The second-order valence-electron chi connectivity index (χ2n) is 3.91. The van der Waals surface area contributed by atoms with Gasteiger partial charge < -0.3 is 9.84 Å². The van der Waals surface area contributed by atoms with Gasteiger partial charge >= 0.3 is 0 Å². The third-order valence-electron chi connectivity index (χ3n) is 1.60. The minimum Gasteiger partial charge on any atom is -0.360 e. The summed E-state index contributed by atoms with van der Waals surface area (Å²) in [5, 5.41) is 6.29. The average molecular weight is 182 g/mol. The van der Waals surface area contributed by atoms with Crippen LogP contribution in [0, 0.1) is 5.41 Å². The van der Waals surface area contributed by atoms with Crippen molar-refractivity contribution in [3.8, 4) is 0 Å². The number of rotatable bonds is 2. The highest BCUT2D eigenvalue weighted by molar-refractivity contribution is 5.81. The van der Waals surface area contributed by atoms with Crippen LogP contribution in [0.5, 0.6) is 0 Å². The van der Waals surface area contributed by atoms with E-state index in [1.54, 1.807) is 12.3 Å². The van der Waals surface area contributed by atoms with E-state index in [4.69, 9.17) is 4.52 Å². The Balaban J connectivity index is 2.40. The van der Waals surface area contributed by atoms with E-state index in [2.05, 4.69) is 10.5 Å². The van der Waals surface area contributed by atoms with Gasteiger partial charge in [-0.2, -0.15) is 0 Å². The van der Waals surface area contributed by atoms with E-state index in [0.717, 1.165) is 0 Å². The molecule has 0 bridgehead atoms. The molecule has 1 rings (SSSR count). The lowest BCUT2D eigenvalue weighted by atomic mass is 9.96. The lowest BCUT2D eigenvalue weighted by Crippen LogP contribution is -2.34. The lowest BCUT2D eigenvalue weighted by molar-refractivity contribution is -0.128. The molecule has 13 heavy (non-hydrogen) atoms. The summed E-state index contributed by atoms with van der Waals surface area (Å²) in [6, 6.07) is 1.73. The van der Waals surface area contributed by atoms with Gasteiger partial charge in [0, 0.05) is 11.5 Å². The number of hydrogen-bond acceptors (Lipinski definition) is 3. The number of nitrogens with one attached hydrogen (secondary N) is 1. The quantitative estimate of drug-likeness (QED) is 0.750. The Morgan fingerprint density at radius 2 is 2.31 bits per heavy atom. The molecule has 0 unspecified atom stereocenters. The Hall–Kier alpha value is -1.32. The summed E-state index contributed by atoms with van der Waals surface area (Å²) in [4.78, 5) is 11.4. The predicted octanol–water partition coefficient (Wildman–Crippen LogP) is 1.34. The van der Waals surface area contributed by atoms with Crippen molar-refractivity contribution in [2.75, 3.05) is 0 Å².